The molecular formula is C16H18ClFN4OS. The molecule has 5 nitrogen and oxygen atoms in total. The molecule has 0 bridgehead atoms. The summed E-state index contributed by atoms with van der Waals surface area (Å²) in [4.78, 5) is 10.7. The van der Waals surface area contributed by atoms with Crippen molar-refractivity contribution in [3.63, 3.8) is 0 Å². The Morgan fingerprint density at radius 3 is 2.67 bits per heavy atom. The number of nitrogens with zero attached hydrogens (tertiary/aromatic N) is 3. The Morgan fingerprint density at radius 2 is 2.04 bits per heavy atom. The normalized spacial score (nSPS) is 17.1. The third-order valence-corrected chi connectivity index (χ3v) is 4.96. The monoisotopic (exact) mass is 368 g/mol. The van der Waals surface area contributed by atoms with E-state index in [0.29, 0.717) is 10.7 Å². The highest BCUT2D eigenvalue weighted by Crippen LogP contribution is 2.30. The molecule has 3 heterocycles. The zero-order chi connectivity index (χ0) is 17.1. The van der Waals surface area contributed by atoms with Crippen molar-refractivity contribution >= 4 is 28.8 Å². The van der Waals surface area contributed by atoms with Gasteiger partial charge in [-0.1, -0.05) is 11.6 Å². The molecule has 1 saturated heterocycles. The highest BCUT2D eigenvalue weighted by molar-refractivity contribution is 7.88. The Hall–Kier alpha value is -1.41. The predicted octanol–water partition coefficient (Wildman–Crippen LogP) is 2.79. The number of pyridine rings is 2. The van der Waals surface area contributed by atoms with Crippen molar-refractivity contribution in [1.29, 1.82) is 0 Å². The SMILES string of the molecule is C[S+]([O-])NC1CCN(c2cc(-c3ccc(F)cn3)c(Cl)cn2)CC1. The standard InChI is InChI=1S/C16H18ClFN4OS/c1-24(23)21-12-4-6-22(7-5-12)16-8-13(14(17)10-20-16)15-3-2-11(18)9-19-15/h2-3,8-10,12,21H,4-7H2,1H3. The van der Waals surface area contributed by atoms with E-state index in [9.17, 15) is 8.94 Å². The number of piperidine rings is 1. The van der Waals surface area contributed by atoms with Gasteiger partial charge in [0.05, 0.1) is 23.0 Å². The second-order valence-corrected chi connectivity index (χ2v) is 7.27. The van der Waals surface area contributed by atoms with Crippen LogP contribution in [0.4, 0.5) is 10.2 Å². The van der Waals surface area contributed by atoms with E-state index in [-0.39, 0.29) is 11.9 Å². The summed E-state index contributed by atoms with van der Waals surface area (Å²) in [5, 5.41) is 0.482. The van der Waals surface area contributed by atoms with E-state index < -0.39 is 11.4 Å². The van der Waals surface area contributed by atoms with Gasteiger partial charge in [-0.3, -0.25) is 4.98 Å². The highest BCUT2D eigenvalue weighted by Gasteiger charge is 2.23. The Labute approximate surface area is 148 Å². The van der Waals surface area contributed by atoms with Crippen LogP contribution in [0.3, 0.4) is 0 Å². The lowest BCUT2D eigenvalue weighted by atomic mass is 10.1. The Balaban J connectivity index is 1.76. The van der Waals surface area contributed by atoms with Crippen molar-refractivity contribution in [2.45, 2.75) is 18.9 Å². The van der Waals surface area contributed by atoms with Gasteiger partial charge in [-0.25, -0.2) is 9.37 Å². The molecule has 0 aromatic carbocycles. The van der Waals surface area contributed by atoms with Gasteiger partial charge in [0.2, 0.25) is 0 Å². The minimum atomic E-state index is -0.993. The second-order valence-electron chi connectivity index (χ2n) is 5.72. The average molecular weight is 369 g/mol. The average Bonchev–Trinajstić information content (AvgIpc) is 2.56. The molecule has 0 amide bonds. The van der Waals surface area contributed by atoms with Crippen LogP contribution in [-0.4, -0.2) is 39.9 Å². The fraction of sp³-hybridized carbons (Fsp3) is 0.375. The number of halogens is 2. The molecule has 1 unspecified atom stereocenters. The van der Waals surface area contributed by atoms with Gasteiger partial charge in [0, 0.05) is 36.2 Å². The number of hydrogen-bond donors (Lipinski definition) is 1. The molecule has 8 heteroatoms. The van der Waals surface area contributed by atoms with E-state index >= 15 is 0 Å². The quantitative estimate of drug-likeness (QED) is 0.841. The van der Waals surface area contributed by atoms with Crippen molar-refractivity contribution in [3.8, 4) is 11.3 Å². The van der Waals surface area contributed by atoms with Crippen LogP contribution in [0, 0.1) is 5.82 Å². The van der Waals surface area contributed by atoms with Gasteiger partial charge in [0.1, 0.15) is 17.9 Å². The van der Waals surface area contributed by atoms with E-state index in [0.717, 1.165) is 37.3 Å². The minimum absolute atomic E-state index is 0.262. The van der Waals surface area contributed by atoms with Crippen LogP contribution in [-0.2, 0) is 11.4 Å². The van der Waals surface area contributed by atoms with Gasteiger partial charge in [-0.05, 0) is 31.0 Å². The number of hydrogen-bond acceptors (Lipinski definition) is 5. The summed E-state index contributed by atoms with van der Waals surface area (Å²) in [5.41, 5.74) is 1.35. The van der Waals surface area contributed by atoms with Crippen molar-refractivity contribution in [3.05, 3.63) is 41.4 Å². The third-order valence-electron chi connectivity index (χ3n) is 4.00. The number of nitrogens with one attached hydrogen (secondary N) is 1. The van der Waals surface area contributed by atoms with Gasteiger partial charge in [-0.2, -0.15) is 0 Å². The molecule has 1 aliphatic heterocycles. The summed E-state index contributed by atoms with van der Waals surface area (Å²) in [6.45, 7) is 1.64. The van der Waals surface area contributed by atoms with Crippen LogP contribution in [0.25, 0.3) is 11.3 Å². The smallest absolute Gasteiger partial charge is 0.141 e. The van der Waals surface area contributed by atoms with Crippen LogP contribution in [0.2, 0.25) is 5.02 Å². The minimum Gasteiger partial charge on any atom is -0.598 e. The van der Waals surface area contributed by atoms with Gasteiger partial charge in [0.15, 0.2) is 0 Å². The second kappa shape index (κ2) is 7.65. The maximum absolute atomic E-state index is 13.1. The first-order valence-corrected chi connectivity index (χ1v) is 9.58. The maximum Gasteiger partial charge on any atom is 0.141 e. The molecule has 0 aliphatic carbocycles. The molecule has 24 heavy (non-hydrogen) atoms. The lowest BCUT2D eigenvalue weighted by Crippen LogP contribution is -2.44. The number of rotatable bonds is 4. The van der Waals surface area contributed by atoms with E-state index in [2.05, 4.69) is 19.6 Å². The van der Waals surface area contributed by atoms with E-state index in [4.69, 9.17) is 11.6 Å². The van der Waals surface area contributed by atoms with Crippen LogP contribution < -0.4 is 9.62 Å². The first-order valence-electron chi connectivity index (χ1n) is 7.65. The molecule has 128 valence electrons. The van der Waals surface area contributed by atoms with Crippen molar-refractivity contribution in [2.75, 3.05) is 24.2 Å². The zero-order valence-corrected chi connectivity index (χ0v) is 14.8. The van der Waals surface area contributed by atoms with Gasteiger partial charge in [0.25, 0.3) is 0 Å². The van der Waals surface area contributed by atoms with Crippen LogP contribution in [0.5, 0.6) is 0 Å². The Bertz CT molecular complexity index is 693. The lowest BCUT2D eigenvalue weighted by molar-refractivity contribution is 0.460. The van der Waals surface area contributed by atoms with Crippen molar-refractivity contribution in [2.24, 2.45) is 0 Å². The molecule has 0 radical (unpaired) electrons. The molecule has 0 saturated carbocycles. The molecule has 0 spiro atoms. The highest BCUT2D eigenvalue weighted by atomic mass is 35.5. The van der Waals surface area contributed by atoms with Crippen LogP contribution >= 0.6 is 11.6 Å². The van der Waals surface area contributed by atoms with E-state index in [1.807, 2.05) is 6.07 Å². The van der Waals surface area contributed by atoms with Gasteiger partial charge >= 0.3 is 0 Å². The third kappa shape index (κ3) is 4.16. The van der Waals surface area contributed by atoms with Crippen molar-refractivity contribution < 1.29 is 8.94 Å². The first kappa shape index (κ1) is 17.4. The maximum atomic E-state index is 13.1. The number of anilines is 1. The summed E-state index contributed by atoms with van der Waals surface area (Å²) in [6, 6.07) is 5.11. The fourth-order valence-corrected chi connectivity index (χ4v) is 3.70. The lowest BCUT2D eigenvalue weighted by Gasteiger charge is -2.32. The fourth-order valence-electron chi connectivity index (χ4n) is 2.79. The Kier molecular flexibility index (Phi) is 5.55. The molecule has 1 aliphatic rings. The Morgan fingerprint density at radius 1 is 1.29 bits per heavy atom. The molecule has 1 N–H and O–H groups in total. The topological polar surface area (TPSA) is 64.1 Å². The van der Waals surface area contributed by atoms with E-state index in [1.165, 1.54) is 12.3 Å². The van der Waals surface area contributed by atoms with E-state index in [1.54, 1.807) is 18.5 Å². The molecule has 3 rings (SSSR count). The zero-order valence-electron chi connectivity index (χ0n) is 13.2. The van der Waals surface area contributed by atoms with Crippen LogP contribution in [0.15, 0.2) is 30.6 Å². The largest absolute Gasteiger partial charge is 0.598 e. The molecule has 1 fully saturated rings. The molecule has 2 aromatic rings. The predicted molar refractivity (Wildman–Crippen MR) is 94.9 cm³/mol. The number of aromatic nitrogens is 2. The summed E-state index contributed by atoms with van der Waals surface area (Å²) in [6.07, 6.45) is 6.22. The molecule has 2 aromatic heterocycles. The molecule has 1 atom stereocenters. The van der Waals surface area contributed by atoms with Crippen molar-refractivity contribution in [1.82, 2.24) is 14.7 Å². The summed E-state index contributed by atoms with van der Waals surface area (Å²) in [7, 11) is 0. The van der Waals surface area contributed by atoms with Gasteiger partial charge < -0.3 is 9.45 Å². The summed E-state index contributed by atoms with van der Waals surface area (Å²) >= 11 is 5.24. The summed E-state index contributed by atoms with van der Waals surface area (Å²) < 4.78 is 27.4. The van der Waals surface area contributed by atoms with Gasteiger partial charge in [-0.15, -0.1) is 4.72 Å². The van der Waals surface area contributed by atoms with Crippen LogP contribution in [0.1, 0.15) is 12.8 Å². The summed E-state index contributed by atoms with van der Waals surface area (Å²) in [5.74, 6) is 0.434. The first-order chi connectivity index (χ1) is 11.5. The molecular weight excluding hydrogens is 351 g/mol.